The number of aromatic nitrogens is 1. The number of benzene rings is 2. The Morgan fingerprint density at radius 2 is 1.56 bits per heavy atom. The van der Waals surface area contributed by atoms with Gasteiger partial charge < -0.3 is 14.8 Å². The van der Waals surface area contributed by atoms with Gasteiger partial charge in [-0.3, -0.25) is 16.1 Å². The zero-order valence-corrected chi connectivity index (χ0v) is 19.3. The van der Waals surface area contributed by atoms with Crippen molar-refractivity contribution in [1.29, 1.82) is 5.41 Å². The van der Waals surface area contributed by atoms with E-state index < -0.39 is 0 Å². The van der Waals surface area contributed by atoms with Crippen LogP contribution in [-0.4, -0.2) is 36.3 Å². The third-order valence-corrected chi connectivity index (χ3v) is 6.16. The maximum Gasteiger partial charge on any atom is 0.183 e. The van der Waals surface area contributed by atoms with Crippen LogP contribution in [0.3, 0.4) is 0 Å². The van der Waals surface area contributed by atoms with Gasteiger partial charge >= 0.3 is 0 Å². The number of thiazole rings is 1. The highest BCUT2D eigenvalue weighted by Crippen LogP contribution is 2.32. The number of unbranched alkanes of at least 4 members (excludes halogenated alkanes) is 2. The molecule has 0 saturated carbocycles. The molecule has 8 heteroatoms. The number of hydrogen-bond acceptors (Lipinski definition) is 7. The molecule has 4 N–H and O–H groups in total. The maximum atomic E-state index is 8.74. The van der Waals surface area contributed by atoms with Crippen molar-refractivity contribution in [2.45, 2.75) is 32.6 Å². The second kappa shape index (κ2) is 12.1. The van der Waals surface area contributed by atoms with Gasteiger partial charge in [-0.25, -0.2) is 4.98 Å². The first-order valence-electron chi connectivity index (χ1n) is 10.8. The molecule has 0 aliphatic rings. The fourth-order valence-corrected chi connectivity index (χ4v) is 4.05. The van der Waals surface area contributed by atoms with Crippen LogP contribution in [0.4, 0.5) is 5.13 Å². The number of nitrogens with zero attached hydrogens (tertiary/aromatic N) is 1. The minimum atomic E-state index is -0.0389. The Bertz CT molecular complexity index is 987. The number of ether oxygens (including phenoxy) is 2. The minimum absolute atomic E-state index is 0.0389. The number of hydrogen-bond donors (Lipinski definition) is 4. The summed E-state index contributed by atoms with van der Waals surface area (Å²) >= 11 is 1.70. The lowest BCUT2D eigenvalue weighted by Gasteiger charge is -2.09. The average molecular weight is 455 g/mol. The van der Waals surface area contributed by atoms with Crippen molar-refractivity contribution >= 4 is 22.3 Å². The van der Waals surface area contributed by atoms with Crippen LogP contribution in [0.1, 0.15) is 36.6 Å². The van der Waals surface area contributed by atoms with Crippen LogP contribution in [0.5, 0.6) is 11.5 Å². The van der Waals surface area contributed by atoms with E-state index in [2.05, 4.69) is 29.4 Å². The van der Waals surface area contributed by atoms with E-state index in [4.69, 9.17) is 20.1 Å². The first-order valence-corrected chi connectivity index (χ1v) is 11.6. The Morgan fingerprint density at radius 3 is 2.09 bits per heavy atom. The summed E-state index contributed by atoms with van der Waals surface area (Å²) in [5, 5.41) is 20.3. The van der Waals surface area contributed by atoms with Crippen molar-refractivity contribution in [3.63, 3.8) is 0 Å². The number of aryl methyl sites for hydroxylation is 1. The molecule has 0 spiro atoms. The lowest BCUT2D eigenvalue weighted by molar-refractivity contribution is 0.234. The van der Waals surface area contributed by atoms with Gasteiger partial charge in [-0.1, -0.05) is 6.92 Å². The molecule has 0 bridgehead atoms. The molecule has 1 heterocycles. The van der Waals surface area contributed by atoms with E-state index in [1.807, 2.05) is 24.7 Å². The molecule has 0 fully saturated rings. The molecule has 0 amide bonds. The Hall–Kier alpha value is -3.10. The zero-order valence-electron chi connectivity index (χ0n) is 18.5. The second-order valence-corrected chi connectivity index (χ2v) is 8.27. The molecule has 0 radical (unpaired) electrons. The Balaban J connectivity index is 1.35. The zero-order chi connectivity index (χ0) is 22.8. The number of amidine groups is 1. The van der Waals surface area contributed by atoms with Crippen LogP contribution in [-0.2, 0) is 6.42 Å². The summed E-state index contributed by atoms with van der Waals surface area (Å²) in [6, 6.07) is 15.2. The Labute approximate surface area is 192 Å². The van der Waals surface area contributed by atoms with E-state index in [0.29, 0.717) is 18.8 Å². The first kappa shape index (κ1) is 23.6. The highest BCUT2D eigenvalue weighted by Gasteiger charge is 2.11. The lowest BCUT2D eigenvalue weighted by atomic mass is 10.1. The van der Waals surface area contributed by atoms with Crippen molar-refractivity contribution in [3.05, 3.63) is 59.0 Å². The average Bonchev–Trinajstić information content (AvgIpc) is 3.27. The SMILES string of the molecule is CCc1sc(NC)nc1-c1ccc(OCCCCCOc2ccc(C(=N)NO)cc2)cc1. The van der Waals surface area contributed by atoms with Gasteiger partial charge in [0.15, 0.2) is 5.13 Å². The molecule has 3 aromatic rings. The largest absolute Gasteiger partial charge is 0.494 e. The minimum Gasteiger partial charge on any atom is -0.494 e. The van der Waals surface area contributed by atoms with E-state index >= 15 is 0 Å². The summed E-state index contributed by atoms with van der Waals surface area (Å²) in [5.41, 5.74) is 4.59. The van der Waals surface area contributed by atoms with Crippen molar-refractivity contribution in [2.75, 3.05) is 25.6 Å². The topological polar surface area (TPSA) is 99.5 Å². The molecule has 32 heavy (non-hydrogen) atoms. The molecular formula is C24H30N4O3S. The van der Waals surface area contributed by atoms with Crippen LogP contribution >= 0.6 is 11.3 Å². The van der Waals surface area contributed by atoms with E-state index in [1.54, 1.807) is 35.6 Å². The number of rotatable bonds is 12. The van der Waals surface area contributed by atoms with Crippen LogP contribution in [0.25, 0.3) is 11.3 Å². The van der Waals surface area contributed by atoms with Crippen molar-refractivity contribution < 1.29 is 14.7 Å². The molecule has 0 saturated heterocycles. The molecule has 1 aromatic heterocycles. The van der Waals surface area contributed by atoms with Crippen LogP contribution < -0.4 is 20.3 Å². The summed E-state index contributed by atoms with van der Waals surface area (Å²) in [6.45, 7) is 3.45. The summed E-state index contributed by atoms with van der Waals surface area (Å²) < 4.78 is 11.6. The molecule has 2 aromatic carbocycles. The van der Waals surface area contributed by atoms with Crippen LogP contribution in [0.15, 0.2) is 48.5 Å². The van der Waals surface area contributed by atoms with Gasteiger partial charge in [0.1, 0.15) is 17.3 Å². The maximum absolute atomic E-state index is 8.74. The smallest absolute Gasteiger partial charge is 0.183 e. The Kier molecular flexibility index (Phi) is 8.89. The molecular weight excluding hydrogens is 424 g/mol. The highest BCUT2D eigenvalue weighted by molar-refractivity contribution is 7.16. The number of hydroxylamine groups is 1. The summed E-state index contributed by atoms with van der Waals surface area (Å²) in [5.74, 6) is 1.59. The predicted molar refractivity (Wildman–Crippen MR) is 130 cm³/mol. The predicted octanol–water partition coefficient (Wildman–Crippen LogP) is 5.35. The molecule has 0 atom stereocenters. The lowest BCUT2D eigenvalue weighted by Crippen LogP contribution is -2.18. The molecule has 7 nitrogen and oxygen atoms in total. The van der Waals surface area contributed by atoms with Gasteiger partial charge in [0.25, 0.3) is 0 Å². The summed E-state index contributed by atoms with van der Waals surface area (Å²) in [6.07, 6.45) is 3.88. The summed E-state index contributed by atoms with van der Waals surface area (Å²) in [7, 11) is 1.90. The van der Waals surface area contributed by atoms with Gasteiger partial charge in [0.05, 0.1) is 18.9 Å². The monoisotopic (exact) mass is 454 g/mol. The molecule has 3 rings (SSSR count). The first-order chi connectivity index (χ1) is 15.6. The normalized spacial score (nSPS) is 10.6. The molecule has 0 aliphatic heterocycles. The Morgan fingerprint density at radius 1 is 0.969 bits per heavy atom. The summed E-state index contributed by atoms with van der Waals surface area (Å²) in [4.78, 5) is 5.95. The standard InChI is InChI=1S/C24H30N4O3S/c1-3-21-22(27-24(26-2)32-21)17-7-11-19(12-8-17)30-15-5-4-6-16-31-20-13-9-18(10-14-20)23(25)28-29/h7-14,29H,3-6,15-16H2,1-2H3,(H2,25,28)(H,26,27). The highest BCUT2D eigenvalue weighted by atomic mass is 32.1. The quantitative estimate of drug-likeness (QED) is 0.127. The molecule has 0 unspecified atom stereocenters. The van der Waals surface area contributed by atoms with E-state index in [0.717, 1.165) is 53.6 Å². The van der Waals surface area contributed by atoms with Gasteiger partial charge in [0.2, 0.25) is 0 Å². The van der Waals surface area contributed by atoms with Crippen LogP contribution in [0.2, 0.25) is 0 Å². The number of nitrogens with one attached hydrogen (secondary N) is 3. The van der Waals surface area contributed by atoms with Crippen molar-refractivity contribution in [1.82, 2.24) is 10.5 Å². The fraction of sp³-hybridized carbons (Fsp3) is 0.333. The second-order valence-electron chi connectivity index (χ2n) is 7.19. The van der Waals surface area contributed by atoms with E-state index in [-0.39, 0.29) is 5.84 Å². The number of anilines is 1. The van der Waals surface area contributed by atoms with Gasteiger partial charge in [0, 0.05) is 23.1 Å². The van der Waals surface area contributed by atoms with Crippen LogP contribution in [0, 0.1) is 5.41 Å². The van der Waals surface area contributed by atoms with Gasteiger partial charge in [-0.2, -0.15) is 0 Å². The fourth-order valence-electron chi connectivity index (χ4n) is 3.18. The van der Waals surface area contributed by atoms with E-state index in [1.165, 1.54) is 4.88 Å². The molecule has 0 aliphatic carbocycles. The van der Waals surface area contributed by atoms with Crippen molar-refractivity contribution in [3.8, 4) is 22.8 Å². The van der Waals surface area contributed by atoms with Gasteiger partial charge in [-0.05, 0) is 74.2 Å². The van der Waals surface area contributed by atoms with Crippen molar-refractivity contribution in [2.24, 2.45) is 0 Å². The third-order valence-electron chi connectivity index (χ3n) is 4.94. The third kappa shape index (κ3) is 6.45. The molecule has 170 valence electrons. The van der Waals surface area contributed by atoms with Gasteiger partial charge in [-0.15, -0.1) is 11.3 Å². The van der Waals surface area contributed by atoms with E-state index in [9.17, 15) is 0 Å².